The first-order valence-corrected chi connectivity index (χ1v) is 8.17. The lowest BCUT2D eigenvalue weighted by atomic mass is 9.95. The molecule has 0 aromatic carbocycles. The van der Waals surface area contributed by atoms with E-state index in [4.69, 9.17) is 4.74 Å². The molecule has 2 fully saturated rings. The van der Waals surface area contributed by atoms with Crippen LogP contribution in [0.1, 0.15) is 32.1 Å². The number of anilines is 1. The van der Waals surface area contributed by atoms with E-state index < -0.39 is 0 Å². The van der Waals surface area contributed by atoms with Crippen molar-refractivity contribution >= 4 is 11.9 Å². The highest BCUT2D eigenvalue weighted by molar-refractivity contribution is 5.79. The summed E-state index contributed by atoms with van der Waals surface area (Å²) in [6.45, 7) is 3.49. The van der Waals surface area contributed by atoms with Gasteiger partial charge in [-0.15, -0.1) is 0 Å². The Morgan fingerprint density at radius 1 is 1.14 bits per heavy atom. The Morgan fingerprint density at radius 2 is 1.86 bits per heavy atom. The molecule has 0 bridgehead atoms. The number of likely N-dealkylation sites (tertiary alicyclic amines) is 1. The molecule has 0 saturated carbocycles. The predicted molar refractivity (Wildman–Crippen MR) is 84.0 cm³/mol. The summed E-state index contributed by atoms with van der Waals surface area (Å²) in [5, 5.41) is 0. The summed E-state index contributed by atoms with van der Waals surface area (Å²) in [5.41, 5.74) is 0. The number of aromatic nitrogens is 2. The Balaban J connectivity index is 1.64. The van der Waals surface area contributed by atoms with Crippen LogP contribution in [0.4, 0.5) is 5.95 Å². The summed E-state index contributed by atoms with van der Waals surface area (Å²) in [6, 6.07) is 0. The third-order valence-electron chi connectivity index (χ3n) is 4.57. The van der Waals surface area contributed by atoms with Crippen molar-refractivity contribution in [2.24, 2.45) is 5.92 Å². The predicted octanol–water partition coefficient (Wildman–Crippen LogP) is 1.71. The molecular weight excluding hydrogens is 280 g/mol. The maximum Gasteiger partial charge on any atom is 0.227 e. The van der Waals surface area contributed by atoms with Crippen molar-refractivity contribution in [1.82, 2.24) is 14.9 Å². The summed E-state index contributed by atoms with van der Waals surface area (Å²) in [4.78, 5) is 25.5. The molecule has 0 spiro atoms. The van der Waals surface area contributed by atoms with Gasteiger partial charge in [0.05, 0.1) is 25.4 Å². The highest BCUT2D eigenvalue weighted by atomic mass is 16.5. The van der Waals surface area contributed by atoms with Gasteiger partial charge in [-0.2, -0.15) is 0 Å². The van der Waals surface area contributed by atoms with E-state index in [1.807, 2.05) is 4.90 Å². The molecule has 1 aromatic rings. The number of carbonyl (C=O) groups is 1. The average molecular weight is 304 g/mol. The zero-order chi connectivity index (χ0) is 15.4. The zero-order valence-electron chi connectivity index (χ0n) is 13.2. The zero-order valence-corrected chi connectivity index (χ0v) is 13.2. The van der Waals surface area contributed by atoms with Crippen LogP contribution >= 0.6 is 0 Å². The number of carbonyl (C=O) groups excluding carboxylic acids is 1. The van der Waals surface area contributed by atoms with Gasteiger partial charge in [0, 0.05) is 26.2 Å². The largest absolute Gasteiger partial charge is 0.494 e. The standard InChI is InChI=1S/C16H24N4O2/c1-22-14-10-17-16(18-11-14)20-9-5-6-13(12-20)15(21)19-7-3-2-4-8-19/h10-11,13H,2-9,12H2,1H3. The summed E-state index contributed by atoms with van der Waals surface area (Å²) in [5.74, 6) is 1.74. The molecule has 2 saturated heterocycles. The molecule has 6 nitrogen and oxygen atoms in total. The molecule has 1 amide bonds. The van der Waals surface area contributed by atoms with E-state index >= 15 is 0 Å². The van der Waals surface area contributed by atoms with Gasteiger partial charge in [0.25, 0.3) is 0 Å². The lowest BCUT2D eigenvalue weighted by Crippen LogP contribution is -2.46. The second-order valence-electron chi connectivity index (χ2n) is 6.09. The van der Waals surface area contributed by atoms with E-state index in [1.54, 1.807) is 19.5 Å². The quantitative estimate of drug-likeness (QED) is 0.851. The van der Waals surface area contributed by atoms with Crippen LogP contribution in [0.5, 0.6) is 5.75 Å². The highest BCUT2D eigenvalue weighted by Crippen LogP contribution is 2.24. The average Bonchev–Trinajstić information content (AvgIpc) is 2.62. The fraction of sp³-hybridized carbons (Fsp3) is 0.688. The number of amides is 1. The number of ether oxygens (including phenoxy) is 1. The van der Waals surface area contributed by atoms with E-state index in [-0.39, 0.29) is 5.92 Å². The van der Waals surface area contributed by atoms with Crippen molar-refractivity contribution in [1.29, 1.82) is 0 Å². The molecular formula is C16H24N4O2. The third-order valence-corrected chi connectivity index (χ3v) is 4.57. The minimum absolute atomic E-state index is 0.0811. The van der Waals surface area contributed by atoms with E-state index in [0.29, 0.717) is 17.6 Å². The van der Waals surface area contributed by atoms with Crippen molar-refractivity contribution in [2.45, 2.75) is 32.1 Å². The summed E-state index contributed by atoms with van der Waals surface area (Å²) >= 11 is 0. The summed E-state index contributed by atoms with van der Waals surface area (Å²) in [6.07, 6.45) is 8.88. The molecule has 0 aliphatic carbocycles. The van der Waals surface area contributed by atoms with Gasteiger partial charge < -0.3 is 14.5 Å². The Bertz CT molecular complexity index is 499. The maximum absolute atomic E-state index is 12.7. The van der Waals surface area contributed by atoms with Crippen LogP contribution in [0, 0.1) is 5.92 Å². The van der Waals surface area contributed by atoms with Gasteiger partial charge in [-0.1, -0.05) is 0 Å². The van der Waals surface area contributed by atoms with Crippen molar-refractivity contribution < 1.29 is 9.53 Å². The van der Waals surface area contributed by atoms with Crippen LogP contribution in [0.15, 0.2) is 12.4 Å². The molecule has 3 heterocycles. The number of rotatable bonds is 3. The van der Waals surface area contributed by atoms with Gasteiger partial charge in [0.15, 0.2) is 5.75 Å². The number of hydrogen-bond acceptors (Lipinski definition) is 5. The van der Waals surface area contributed by atoms with Gasteiger partial charge in [-0.3, -0.25) is 4.79 Å². The second kappa shape index (κ2) is 6.94. The van der Waals surface area contributed by atoms with E-state index in [9.17, 15) is 4.79 Å². The van der Waals surface area contributed by atoms with E-state index in [0.717, 1.165) is 51.9 Å². The first kappa shape index (κ1) is 15.1. The van der Waals surface area contributed by atoms with Crippen molar-refractivity contribution in [3.05, 3.63) is 12.4 Å². The Hall–Kier alpha value is -1.85. The Labute approximate surface area is 131 Å². The summed E-state index contributed by atoms with van der Waals surface area (Å²) in [7, 11) is 1.60. The van der Waals surface area contributed by atoms with E-state index in [1.165, 1.54) is 6.42 Å². The van der Waals surface area contributed by atoms with Crippen molar-refractivity contribution in [3.63, 3.8) is 0 Å². The van der Waals surface area contributed by atoms with Gasteiger partial charge in [-0.25, -0.2) is 9.97 Å². The number of piperidine rings is 2. The lowest BCUT2D eigenvalue weighted by molar-refractivity contribution is -0.136. The fourth-order valence-electron chi connectivity index (χ4n) is 3.31. The smallest absolute Gasteiger partial charge is 0.227 e. The number of hydrogen-bond donors (Lipinski definition) is 0. The molecule has 1 unspecified atom stereocenters. The molecule has 0 N–H and O–H groups in total. The Morgan fingerprint density at radius 3 is 2.55 bits per heavy atom. The normalized spacial score (nSPS) is 22.5. The molecule has 1 aromatic heterocycles. The van der Waals surface area contributed by atoms with Gasteiger partial charge >= 0.3 is 0 Å². The van der Waals surface area contributed by atoms with Gasteiger partial charge in [0.1, 0.15) is 0 Å². The number of nitrogens with zero attached hydrogens (tertiary/aromatic N) is 4. The van der Waals surface area contributed by atoms with Gasteiger partial charge in [0.2, 0.25) is 11.9 Å². The van der Waals surface area contributed by atoms with Crippen molar-refractivity contribution in [3.8, 4) is 5.75 Å². The molecule has 1 atom stereocenters. The molecule has 2 aliphatic heterocycles. The van der Waals surface area contributed by atoms with Crippen molar-refractivity contribution in [2.75, 3.05) is 38.2 Å². The minimum Gasteiger partial charge on any atom is -0.494 e. The van der Waals surface area contributed by atoms with Crippen LogP contribution in [0.25, 0.3) is 0 Å². The molecule has 22 heavy (non-hydrogen) atoms. The van der Waals surface area contributed by atoms with Crippen LogP contribution in [0.3, 0.4) is 0 Å². The van der Waals surface area contributed by atoms with Crippen LogP contribution in [0.2, 0.25) is 0 Å². The topological polar surface area (TPSA) is 58.6 Å². The van der Waals surface area contributed by atoms with Crippen LogP contribution < -0.4 is 9.64 Å². The van der Waals surface area contributed by atoms with E-state index in [2.05, 4.69) is 14.9 Å². The Kier molecular flexibility index (Phi) is 4.75. The first-order valence-electron chi connectivity index (χ1n) is 8.17. The highest BCUT2D eigenvalue weighted by Gasteiger charge is 2.30. The minimum atomic E-state index is 0.0811. The molecule has 3 rings (SSSR count). The fourth-order valence-corrected chi connectivity index (χ4v) is 3.31. The third kappa shape index (κ3) is 3.31. The first-order chi connectivity index (χ1) is 10.8. The monoisotopic (exact) mass is 304 g/mol. The number of methoxy groups -OCH3 is 1. The summed E-state index contributed by atoms with van der Waals surface area (Å²) < 4.78 is 5.09. The molecule has 120 valence electrons. The second-order valence-corrected chi connectivity index (χ2v) is 6.09. The molecule has 6 heteroatoms. The van der Waals surface area contributed by atoms with Crippen LogP contribution in [-0.4, -0.2) is 54.1 Å². The molecule has 0 radical (unpaired) electrons. The maximum atomic E-state index is 12.7. The SMILES string of the molecule is COc1cnc(N2CCCC(C(=O)N3CCCCC3)C2)nc1. The van der Waals surface area contributed by atoms with Crippen LogP contribution in [-0.2, 0) is 4.79 Å². The van der Waals surface area contributed by atoms with Gasteiger partial charge in [-0.05, 0) is 32.1 Å². The molecule has 2 aliphatic rings. The lowest BCUT2D eigenvalue weighted by Gasteiger charge is -2.36.